The van der Waals surface area contributed by atoms with Crippen LogP contribution >= 0.6 is 0 Å². The van der Waals surface area contributed by atoms with Gasteiger partial charge in [0.1, 0.15) is 5.56 Å². The number of rotatable bonds is 5. The lowest BCUT2D eigenvalue weighted by molar-refractivity contribution is 0.0595. The van der Waals surface area contributed by atoms with Crippen LogP contribution in [0.1, 0.15) is 10.4 Å². The summed E-state index contributed by atoms with van der Waals surface area (Å²) < 4.78 is 25.4. The summed E-state index contributed by atoms with van der Waals surface area (Å²) in [5.41, 5.74) is 0.203. The Morgan fingerprint density at radius 2 is 1.39 bits per heavy atom. The smallest absolute Gasteiger partial charge is 0.341 e. The first-order chi connectivity index (χ1) is 8.64. The molecule has 6 heteroatoms. The zero-order chi connectivity index (χ0) is 13.7. The number of benzene rings is 1. The number of carbonyl (C=O) groups excluding carboxylic acids is 1. The number of esters is 1. The second-order valence-electron chi connectivity index (χ2n) is 3.22. The minimum atomic E-state index is -0.550. The summed E-state index contributed by atoms with van der Waals surface area (Å²) in [7, 11) is 7.09. The van der Waals surface area contributed by atoms with E-state index in [1.54, 1.807) is 0 Å². The molecule has 0 aliphatic rings. The molecule has 0 N–H and O–H groups in total. The largest absolute Gasteiger partial charge is 0.493 e. The molecule has 0 unspecified atom stereocenters. The van der Waals surface area contributed by atoms with Crippen LogP contribution in [-0.2, 0) is 4.74 Å². The Morgan fingerprint density at radius 3 is 1.78 bits per heavy atom. The molecule has 0 heterocycles. The average molecular weight is 256 g/mol. The predicted molar refractivity (Wildman–Crippen MR) is 64.0 cm³/mol. The van der Waals surface area contributed by atoms with Crippen molar-refractivity contribution in [3.05, 3.63) is 11.6 Å². The van der Waals surface area contributed by atoms with Crippen molar-refractivity contribution in [1.82, 2.24) is 0 Å². The SMILES string of the molecule is COC(=O)c1cc(OC)c(OC)c(OC)c1OC. The molecule has 0 bridgehead atoms. The zero-order valence-electron chi connectivity index (χ0n) is 11.0. The van der Waals surface area contributed by atoms with Crippen molar-refractivity contribution in [2.75, 3.05) is 35.5 Å². The van der Waals surface area contributed by atoms with E-state index in [9.17, 15) is 4.79 Å². The first-order valence-electron chi connectivity index (χ1n) is 5.09. The molecule has 1 aromatic carbocycles. The van der Waals surface area contributed by atoms with Gasteiger partial charge < -0.3 is 23.7 Å². The highest BCUT2D eigenvalue weighted by atomic mass is 16.5. The Bertz CT molecular complexity index is 441. The predicted octanol–water partition coefficient (Wildman–Crippen LogP) is 1.51. The number of ether oxygens (including phenoxy) is 5. The Balaban J connectivity index is 3.58. The lowest BCUT2D eigenvalue weighted by atomic mass is 10.1. The van der Waals surface area contributed by atoms with Gasteiger partial charge in [-0.05, 0) is 0 Å². The molecule has 0 saturated carbocycles. The minimum absolute atomic E-state index is 0.203. The second-order valence-corrected chi connectivity index (χ2v) is 3.22. The summed E-state index contributed by atoms with van der Waals surface area (Å²) in [5, 5.41) is 0. The first-order valence-corrected chi connectivity index (χ1v) is 5.09. The molecular weight excluding hydrogens is 240 g/mol. The van der Waals surface area contributed by atoms with Crippen molar-refractivity contribution >= 4 is 5.97 Å². The molecule has 18 heavy (non-hydrogen) atoms. The van der Waals surface area contributed by atoms with E-state index in [1.807, 2.05) is 0 Å². The normalized spacial score (nSPS) is 9.61. The molecule has 0 fully saturated rings. The van der Waals surface area contributed by atoms with Crippen LogP contribution in [0.4, 0.5) is 0 Å². The summed E-state index contributed by atoms with van der Waals surface area (Å²) in [6, 6.07) is 1.48. The Labute approximate surface area is 105 Å². The molecule has 100 valence electrons. The lowest BCUT2D eigenvalue weighted by Gasteiger charge is -2.17. The highest BCUT2D eigenvalue weighted by molar-refractivity contribution is 5.95. The third-order valence-corrected chi connectivity index (χ3v) is 2.39. The van der Waals surface area contributed by atoms with Crippen molar-refractivity contribution in [2.45, 2.75) is 0 Å². The molecule has 0 atom stereocenters. The van der Waals surface area contributed by atoms with Gasteiger partial charge in [0.05, 0.1) is 35.5 Å². The van der Waals surface area contributed by atoms with Crippen molar-refractivity contribution in [3.8, 4) is 23.0 Å². The Morgan fingerprint density at radius 1 is 0.833 bits per heavy atom. The van der Waals surface area contributed by atoms with E-state index in [0.717, 1.165) is 0 Å². The van der Waals surface area contributed by atoms with Gasteiger partial charge in [-0.3, -0.25) is 0 Å². The standard InChI is InChI=1S/C12H16O6/c1-14-8-6-7(12(13)18-5)9(15-2)11(17-4)10(8)16-3/h6H,1-5H3. The van der Waals surface area contributed by atoms with Crippen molar-refractivity contribution < 1.29 is 28.5 Å². The highest BCUT2D eigenvalue weighted by Crippen LogP contribution is 2.46. The van der Waals surface area contributed by atoms with Crippen molar-refractivity contribution in [3.63, 3.8) is 0 Å². The molecule has 0 spiro atoms. The van der Waals surface area contributed by atoms with Crippen LogP contribution in [0.3, 0.4) is 0 Å². The monoisotopic (exact) mass is 256 g/mol. The van der Waals surface area contributed by atoms with Crippen molar-refractivity contribution in [1.29, 1.82) is 0 Å². The van der Waals surface area contributed by atoms with Crippen molar-refractivity contribution in [2.24, 2.45) is 0 Å². The molecular formula is C12H16O6. The van der Waals surface area contributed by atoms with Gasteiger partial charge in [0.2, 0.25) is 11.5 Å². The molecule has 0 aliphatic carbocycles. The van der Waals surface area contributed by atoms with E-state index in [4.69, 9.17) is 18.9 Å². The van der Waals surface area contributed by atoms with E-state index in [-0.39, 0.29) is 17.1 Å². The fourth-order valence-electron chi connectivity index (χ4n) is 1.59. The van der Waals surface area contributed by atoms with Gasteiger partial charge in [0.15, 0.2) is 11.5 Å². The van der Waals surface area contributed by atoms with Gasteiger partial charge in [-0.25, -0.2) is 4.79 Å². The van der Waals surface area contributed by atoms with Gasteiger partial charge in [0, 0.05) is 6.07 Å². The lowest BCUT2D eigenvalue weighted by Crippen LogP contribution is -2.07. The van der Waals surface area contributed by atoms with Gasteiger partial charge in [-0.1, -0.05) is 0 Å². The molecule has 0 saturated heterocycles. The van der Waals surface area contributed by atoms with Crippen LogP contribution in [0.15, 0.2) is 6.07 Å². The minimum Gasteiger partial charge on any atom is -0.493 e. The number of carbonyl (C=O) groups is 1. The van der Waals surface area contributed by atoms with Gasteiger partial charge in [-0.2, -0.15) is 0 Å². The molecule has 0 aliphatic heterocycles. The van der Waals surface area contributed by atoms with E-state index >= 15 is 0 Å². The maximum absolute atomic E-state index is 11.7. The highest BCUT2D eigenvalue weighted by Gasteiger charge is 2.25. The molecule has 6 nitrogen and oxygen atoms in total. The zero-order valence-corrected chi connectivity index (χ0v) is 11.0. The third kappa shape index (κ3) is 2.27. The Hall–Kier alpha value is -2.11. The van der Waals surface area contributed by atoms with E-state index in [0.29, 0.717) is 11.5 Å². The van der Waals surface area contributed by atoms with E-state index in [1.165, 1.54) is 41.6 Å². The van der Waals surface area contributed by atoms with E-state index < -0.39 is 5.97 Å². The first kappa shape index (κ1) is 14.0. The van der Waals surface area contributed by atoms with Crippen LogP contribution in [-0.4, -0.2) is 41.5 Å². The van der Waals surface area contributed by atoms with Gasteiger partial charge in [-0.15, -0.1) is 0 Å². The summed E-state index contributed by atoms with van der Waals surface area (Å²) in [5.74, 6) is 0.674. The topological polar surface area (TPSA) is 63.2 Å². The molecule has 0 aromatic heterocycles. The summed E-state index contributed by atoms with van der Waals surface area (Å²) in [4.78, 5) is 11.7. The van der Waals surface area contributed by atoms with Crippen LogP contribution in [0.5, 0.6) is 23.0 Å². The fraction of sp³-hybridized carbons (Fsp3) is 0.417. The van der Waals surface area contributed by atoms with Crippen LogP contribution in [0, 0.1) is 0 Å². The van der Waals surface area contributed by atoms with Crippen LogP contribution < -0.4 is 18.9 Å². The number of methoxy groups -OCH3 is 5. The fourth-order valence-corrected chi connectivity index (χ4v) is 1.59. The molecule has 0 amide bonds. The third-order valence-electron chi connectivity index (χ3n) is 2.39. The second kappa shape index (κ2) is 6.00. The van der Waals surface area contributed by atoms with Crippen LogP contribution in [0.25, 0.3) is 0 Å². The molecule has 0 radical (unpaired) electrons. The average Bonchev–Trinajstić information content (AvgIpc) is 2.43. The summed E-state index contributed by atoms with van der Waals surface area (Å²) in [6.07, 6.45) is 0. The quantitative estimate of drug-likeness (QED) is 0.744. The number of hydrogen-bond acceptors (Lipinski definition) is 6. The van der Waals surface area contributed by atoms with Gasteiger partial charge >= 0.3 is 5.97 Å². The van der Waals surface area contributed by atoms with Gasteiger partial charge in [0.25, 0.3) is 0 Å². The maximum atomic E-state index is 11.7. The summed E-state index contributed by atoms with van der Waals surface area (Å²) in [6.45, 7) is 0. The van der Waals surface area contributed by atoms with E-state index in [2.05, 4.69) is 4.74 Å². The number of hydrogen-bond donors (Lipinski definition) is 0. The van der Waals surface area contributed by atoms with Crippen LogP contribution in [0.2, 0.25) is 0 Å². The Kier molecular flexibility index (Phi) is 4.65. The molecule has 1 aromatic rings. The summed E-state index contributed by atoms with van der Waals surface area (Å²) >= 11 is 0. The maximum Gasteiger partial charge on any atom is 0.341 e. The molecule has 1 rings (SSSR count).